The topological polar surface area (TPSA) is 62.5 Å². The van der Waals surface area contributed by atoms with Gasteiger partial charge in [0, 0.05) is 25.8 Å². The number of carbonyl (C=O) groups excluding carboxylic acids is 1. The van der Waals surface area contributed by atoms with Gasteiger partial charge in [-0.05, 0) is 38.6 Å². The molecule has 0 saturated carbocycles. The van der Waals surface area contributed by atoms with Crippen LogP contribution in [-0.2, 0) is 11.3 Å². The number of hydrogen-bond donors (Lipinski definition) is 1. The van der Waals surface area contributed by atoms with Gasteiger partial charge in [-0.25, -0.2) is 4.98 Å². The van der Waals surface area contributed by atoms with Crippen LogP contribution in [0.5, 0.6) is 0 Å². The number of anilines is 1. The normalized spacial score (nSPS) is 10.7. The molecule has 0 atom stereocenters. The van der Waals surface area contributed by atoms with E-state index in [2.05, 4.69) is 4.98 Å². The highest BCUT2D eigenvalue weighted by Crippen LogP contribution is 2.06. The number of carbonyl (C=O) groups is 1. The lowest BCUT2D eigenvalue weighted by molar-refractivity contribution is -0.131. The first-order valence-electron chi connectivity index (χ1n) is 6.23. The van der Waals surface area contributed by atoms with E-state index in [-0.39, 0.29) is 5.91 Å². The maximum Gasteiger partial charge on any atom is 0.236 e. The molecule has 1 aromatic rings. The molecule has 2 N–H and O–H groups in total. The lowest BCUT2D eigenvalue weighted by Gasteiger charge is -2.23. The molecule has 0 aliphatic rings. The fourth-order valence-electron chi connectivity index (χ4n) is 1.87. The van der Waals surface area contributed by atoms with Crippen LogP contribution in [-0.4, -0.2) is 47.4 Å². The quantitative estimate of drug-likeness (QED) is 0.817. The molecule has 0 spiro atoms. The van der Waals surface area contributed by atoms with Gasteiger partial charge in [-0.1, -0.05) is 0 Å². The standard InChI is InChI=1S/C13H22N4O/c1-4-17(5-2)13(18)10-16(3)9-11-6-7-15-12(14)8-11/h6-8H,4-5,9-10H2,1-3H3,(H2,14,15). The maximum absolute atomic E-state index is 11.9. The monoisotopic (exact) mass is 250 g/mol. The second kappa shape index (κ2) is 6.96. The molecule has 0 saturated heterocycles. The molecule has 0 unspecified atom stereocenters. The van der Waals surface area contributed by atoms with Crippen molar-refractivity contribution in [3.8, 4) is 0 Å². The number of pyridine rings is 1. The lowest BCUT2D eigenvalue weighted by Crippen LogP contribution is -2.38. The molecule has 0 bridgehead atoms. The second-order valence-corrected chi connectivity index (χ2v) is 4.33. The van der Waals surface area contributed by atoms with E-state index in [1.807, 2.05) is 42.8 Å². The number of nitrogens with zero attached hydrogens (tertiary/aromatic N) is 3. The van der Waals surface area contributed by atoms with E-state index >= 15 is 0 Å². The van der Waals surface area contributed by atoms with Crippen molar-refractivity contribution < 1.29 is 4.79 Å². The zero-order valence-electron chi connectivity index (χ0n) is 11.4. The van der Waals surface area contributed by atoms with Crippen LogP contribution in [0, 0.1) is 0 Å². The van der Waals surface area contributed by atoms with E-state index in [9.17, 15) is 4.79 Å². The Kier molecular flexibility index (Phi) is 5.58. The zero-order chi connectivity index (χ0) is 13.5. The Bertz CT molecular complexity index is 390. The summed E-state index contributed by atoms with van der Waals surface area (Å²) in [7, 11) is 1.93. The molecule has 18 heavy (non-hydrogen) atoms. The molecular weight excluding hydrogens is 228 g/mol. The second-order valence-electron chi connectivity index (χ2n) is 4.33. The molecule has 0 aliphatic carbocycles. The largest absolute Gasteiger partial charge is 0.384 e. The summed E-state index contributed by atoms with van der Waals surface area (Å²) in [6.45, 7) is 6.61. The molecule has 5 nitrogen and oxygen atoms in total. The van der Waals surface area contributed by atoms with Crippen molar-refractivity contribution in [3.05, 3.63) is 23.9 Å². The Hall–Kier alpha value is -1.62. The molecule has 0 fully saturated rings. The molecular formula is C13H22N4O. The highest BCUT2D eigenvalue weighted by atomic mass is 16.2. The summed E-state index contributed by atoms with van der Waals surface area (Å²) in [5.74, 6) is 0.667. The number of nitrogen functional groups attached to an aromatic ring is 1. The van der Waals surface area contributed by atoms with Crippen molar-refractivity contribution in [2.24, 2.45) is 0 Å². The molecule has 0 aromatic carbocycles. The third-order valence-electron chi connectivity index (χ3n) is 2.82. The molecule has 1 aromatic heterocycles. The number of hydrogen-bond acceptors (Lipinski definition) is 4. The summed E-state index contributed by atoms with van der Waals surface area (Å²) >= 11 is 0. The fraction of sp³-hybridized carbons (Fsp3) is 0.538. The molecule has 0 radical (unpaired) electrons. The average molecular weight is 250 g/mol. The first-order valence-corrected chi connectivity index (χ1v) is 6.23. The van der Waals surface area contributed by atoms with Crippen molar-refractivity contribution in [2.45, 2.75) is 20.4 Å². The van der Waals surface area contributed by atoms with Crippen molar-refractivity contribution in [2.75, 3.05) is 32.4 Å². The van der Waals surface area contributed by atoms with Gasteiger partial charge in [-0.15, -0.1) is 0 Å². The van der Waals surface area contributed by atoms with Crippen molar-refractivity contribution in [1.29, 1.82) is 0 Å². The zero-order valence-corrected chi connectivity index (χ0v) is 11.4. The summed E-state index contributed by atoms with van der Waals surface area (Å²) in [6.07, 6.45) is 1.69. The molecule has 100 valence electrons. The van der Waals surface area contributed by atoms with Gasteiger partial charge in [0.25, 0.3) is 0 Å². The minimum atomic E-state index is 0.157. The van der Waals surface area contributed by atoms with Gasteiger partial charge in [0.15, 0.2) is 0 Å². The van der Waals surface area contributed by atoms with Crippen LogP contribution in [0.25, 0.3) is 0 Å². The van der Waals surface area contributed by atoms with Gasteiger partial charge < -0.3 is 10.6 Å². The molecule has 5 heteroatoms. The first-order chi connectivity index (χ1) is 8.56. The summed E-state index contributed by atoms with van der Waals surface area (Å²) in [4.78, 5) is 19.7. The Morgan fingerprint density at radius 1 is 1.39 bits per heavy atom. The third kappa shape index (κ3) is 4.33. The minimum absolute atomic E-state index is 0.157. The van der Waals surface area contributed by atoms with Gasteiger partial charge in [0.2, 0.25) is 5.91 Å². The summed E-state index contributed by atoms with van der Waals surface area (Å²) in [5, 5.41) is 0. The third-order valence-corrected chi connectivity index (χ3v) is 2.82. The summed E-state index contributed by atoms with van der Waals surface area (Å²) in [5.41, 5.74) is 6.69. The van der Waals surface area contributed by atoms with E-state index in [4.69, 9.17) is 5.73 Å². The van der Waals surface area contributed by atoms with Gasteiger partial charge >= 0.3 is 0 Å². The van der Waals surface area contributed by atoms with Gasteiger partial charge in [-0.2, -0.15) is 0 Å². The fourth-order valence-corrected chi connectivity index (χ4v) is 1.87. The average Bonchev–Trinajstić information content (AvgIpc) is 2.30. The molecule has 1 amide bonds. The smallest absolute Gasteiger partial charge is 0.236 e. The van der Waals surface area contributed by atoms with Crippen LogP contribution in [0.4, 0.5) is 5.82 Å². The van der Waals surface area contributed by atoms with E-state index in [0.717, 1.165) is 18.7 Å². The highest BCUT2D eigenvalue weighted by Gasteiger charge is 2.12. The van der Waals surface area contributed by atoms with Crippen molar-refractivity contribution in [3.63, 3.8) is 0 Å². The summed E-state index contributed by atoms with van der Waals surface area (Å²) in [6, 6.07) is 3.74. The Morgan fingerprint density at radius 3 is 2.61 bits per heavy atom. The van der Waals surface area contributed by atoms with Crippen LogP contribution >= 0.6 is 0 Å². The summed E-state index contributed by atoms with van der Waals surface area (Å²) < 4.78 is 0. The number of nitrogens with two attached hydrogens (primary N) is 1. The van der Waals surface area contributed by atoms with Crippen LogP contribution < -0.4 is 5.73 Å². The Morgan fingerprint density at radius 2 is 2.06 bits per heavy atom. The lowest BCUT2D eigenvalue weighted by atomic mass is 10.2. The highest BCUT2D eigenvalue weighted by molar-refractivity contribution is 5.78. The van der Waals surface area contributed by atoms with Crippen LogP contribution in [0.1, 0.15) is 19.4 Å². The van der Waals surface area contributed by atoms with Gasteiger partial charge in [0.1, 0.15) is 5.82 Å². The Labute approximate surface area is 109 Å². The Balaban J connectivity index is 2.51. The molecule has 0 aliphatic heterocycles. The van der Waals surface area contributed by atoms with E-state index in [0.29, 0.717) is 18.9 Å². The van der Waals surface area contributed by atoms with E-state index < -0.39 is 0 Å². The van der Waals surface area contributed by atoms with Gasteiger partial charge in [0.05, 0.1) is 6.54 Å². The number of rotatable bonds is 6. The number of amides is 1. The molecule has 1 rings (SSSR count). The predicted molar refractivity (Wildman–Crippen MR) is 72.9 cm³/mol. The number of likely N-dealkylation sites (N-methyl/N-ethyl adjacent to an activating group) is 2. The van der Waals surface area contributed by atoms with E-state index in [1.165, 1.54) is 0 Å². The minimum Gasteiger partial charge on any atom is -0.384 e. The van der Waals surface area contributed by atoms with Crippen molar-refractivity contribution in [1.82, 2.24) is 14.8 Å². The first kappa shape index (κ1) is 14.4. The van der Waals surface area contributed by atoms with Crippen LogP contribution in [0.2, 0.25) is 0 Å². The maximum atomic E-state index is 11.9. The van der Waals surface area contributed by atoms with Crippen molar-refractivity contribution >= 4 is 11.7 Å². The van der Waals surface area contributed by atoms with E-state index in [1.54, 1.807) is 6.20 Å². The molecule has 1 heterocycles. The van der Waals surface area contributed by atoms with Gasteiger partial charge in [-0.3, -0.25) is 9.69 Å². The predicted octanol–water partition coefficient (Wildman–Crippen LogP) is 0.964. The SMILES string of the molecule is CCN(CC)C(=O)CN(C)Cc1ccnc(N)c1. The number of aromatic nitrogens is 1. The van der Waals surface area contributed by atoms with Crippen LogP contribution in [0.3, 0.4) is 0 Å². The van der Waals surface area contributed by atoms with Crippen LogP contribution in [0.15, 0.2) is 18.3 Å².